The Hall–Kier alpha value is -8.14. The lowest BCUT2D eigenvalue weighted by Crippen LogP contribution is -2.10. The Morgan fingerprint density at radius 3 is 1.52 bits per heavy atom. The summed E-state index contributed by atoms with van der Waals surface area (Å²) in [5, 5.41) is 7.13. The number of furan rings is 1. The molecule has 0 spiro atoms. The van der Waals surface area contributed by atoms with Gasteiger partial charge in [-0.05, 0) is 99.9 Å². The zero-order valence-electron chi connectivity index (χ0n) is 33.2. The number of para-hydroxylation sites is 4. The quantitative estimate of drug-likeness (QED) is 0.161. The van der Waals surface area contributed by atoms with Crippen molar-refractivity contribution in [2.24, 2.45) is 0 Å². The molecule has 286 valence electrons. The van der Waals surface area contributed by atoms with Crippen LogP contribution >= 0.6 is 0 Å². The van der Waals surface area contributed by atoms with Gasteiger partial charge in [0.1, 0.15) is 11.2 Å². The summed E-state index contributed by atoms with van der Waals surface area (Å²) in [5.74, 6) is 0. The van der Waals surface area contributed by atoms with Gasteiger partial charge in [-0.25, -0.2) is 0 Å². The lowest BCUT2D eigenvalue weighted by Gasteiger charge is -2.28. The average molecular weight is 779 g/mol. The van der Waals surface area contributed by atoms with Gasteiger partial charge in [0.05, 0.1) is 22.4 Å². The van der Waals surface area contributed by atoms with E-state index >= 15 is 0 Å². The van der Waals surface area contributed by atoms with E-state index in [0.717, 1.165) is 55.8 Å². The highest BCUT2D eigenvalue weighted by atomic mass is 16.3. The Morgan fingerprint density at radius 1 is 0.311 bits per heavy atom. The van der Waals surface area contributed by atoms with Gasteiger partial charge in [0.2, 0.25) is 0 Å². The molecule has 12 rings (SSSR count). The predicted molar refractivity (Wildman–Crippen MR) is 257 cm³/mol. The second-order valence-corrected chi connectivity index (χ2v) is 15.7. The Labute approximate surface area is 353 Å². The molecule has 0 aliphatic rings. The Morgan fingerprint density at radius 2 is 0.820 bits per heavy atom. The summed E-state index contributed by atoms with van der Waals surface area (Å²) >= 11 is 0. The molecule has 10 aromatic carbocycles. The Balaban J connectivity index is 1.01. The number of rotatable bonds is 7. The number of aromatic nitrogens is 1. The average Bonchev–Trinajstić information content (AvgIpc) is 3.88. The molecule has 61 heavy (non-hydrogen) atoms. The maximum Gasteiger partial charge on any atom is 0.135 e. The maximum absolute atomic E-state index is 6.15. The third kappa shape index (κ3) is 5.82. The number of benzene rings is 10. The van der Waals surface area contributed by atoms with E-state index in [0.29, 0.717) is 0 Å². The van der Waals surface area contributed by atoms with Crippen LogP contribution in [-0.4, -0.2) is 4.57 Å². The molecule has 12 aromatic rings. The van der Waals surface area contributed by atoms with Crippen molar-refractivity contribution >= 4 is 71.6 Å². The van der Waals surface area contributed by atoms with Gasteiger partial charge in [-0.2, -0.15) is 0 Å². The first-order valence-electron chi connectivity index (χ1n) is 20.8. The first-order valence-corrected chi connectivity index (χ1v) is 20.8. The summed E-state index contributed by atoms with van der Waals surface area (Å²) in [6.07, 6.45) is 0. The van der Waals surface area contributed by atoms with Crippen LogP contribution in [0, 0.1) is 0 Å². The van der Waals surface area contributed by atoms with E-state index in [-0.39, 0.29) is 0 Å². The van der Waals surface area contributed by atoms with Crippen LogP contribution in [0.15, 0.2) is 235 Å². The van der Waals surface area contributed by atoms with Crippen molar-refractivity contribution in [2.45, 2.75) is 0 Å². The van der Waals surface area contributed by atoms with Crippen LogP contribution in [0.2, 0.25) is 0 Å². The van der Waals surface area contributed by atoms with Crippen molar-refractivity contribution in [3.63, 3.8) is 0 Å². The number of nitrogens with zero attached hydrogens (tertiary/aromatic N) is 2. The summed E-state index contributed by atoms with van der Waals surface area (Å²) in [4.78, 5) is 2.40. The monoisotopic (exact) mass is 778 g/mol. The molecule has 2 aromatic heterocycles. The molecule has 0 N–H and O–H groups in total. The summed E-state index contributed by atoms with van der Waals surface area (Å²) in [6.45, 7) is 0. The molecule has 0 atom stereocenters. The van der Waals surface area contributed by atoms with Crippen LogP contribution in [-0.2, 0) is 0 Å². The molecule has 0 radical (unpaired) electrons. The normalized spacial score (nSPS) is 11.6. The smallest absolute Gasteiger partial charge is 0.135 e. The molecule has 0 saturated heterocycles. The third-order valence-electron chi connectivity index (χ3n) is 12.2. The highest BCUT2D eigenvalue weighted by Gasteiger charge is 2.21. The highest BCUT2D eigenvalue weighted by molar-refractivity contribution is 6.12. The minimum Gasteiger partial charge on any atom is -0.456 e. The lowest BCUT2D eigenvalue weighted by atomic mass is 9.94. The molecule has 0 aliphatic heterocycles. The molecule has 0 fully saturated rings. The van der Waals surface area contributed by atoms with Crippen molar-refractivity contribution in [3.05, 3.63) is 231 Å². The fraction of sp³-hybridized carbons (Fsp3) is 0. The van der Waals surface area contributed by atoms with Crippen LogP contribution < -0.4 is 4.90 Å². The fourth-order valence-corrected chi connectivity index (χ4v) is 9.36. The third-order valence-corrected chi connectivity index (χ3v) is 12.2. The van der Waals surface area contributed by atoms with E-state index in [9.17, 15) is 0 Å². The van der Waals surface area contributed by atoms with E-state index in [1.165, 1.54) is 54.8 Å². The Bertz CT molecular complexity index is 3520. The molecule has 0 saturated carbocycles. The molecular formula is C58H38N2O. The molecule has 0 unspecified atom stereocenters. The van der Waals surface area contributed by atoms with Crippen LogP contribution in [0.25, 0.3) is 93.6 Å². The van der Waals surface area contributed by atoms with Crippen LogP contribution in [0.1, 0.15) is 0 Å². The molecule has 3 heteroatoms. The van der Waals surface area contributed by atoms with E-state index in [4.69, 9.17) is 4.42 Å². The topological polar surface area (TPSA) is 21.3 Å². The van der Waals surface area contributed by atoms with Crippen molar-refractivity contribution in [3.8, 4) is 39.1 Å². The zero-order chi connectivity index (χ0) is 40.3. The van der Waals surface area contributed by atoms with Crippen molar-refractivity contribution in [1.29, 1.82) is 0 Å². The molecule has 3 nitrogen and oxygen atoms in total. The minimum atomic E-state index is 0.903. The van der Waals surface area contributed by atoms with Gasteiger partial charge >= 0.3 is 0 Å². The van der Waals surface area contributed by atoms with Crippen molar-refractivity contribution in [2.75, 3.05) is 4.90 Å². The standard InChI is InChI=1S/C58H38N2O/c1-2-14-39(15-3-1)40-26-31-43(32-27-40)59(44-33-28-41(29-34-44)42-30-37-58-52(38-42)51-21-9-13-25-57(51)61-58)56-36-35-46(45-16-4-5-17-47(45)56)48-18-6-10-22-53(48)60-54-23-11-7-19-49(54)50-20-8-12-24-55(50)60/h1-38H. The number of anilines is 3. The van der Waals surface area contributed by atoms with Crippen molar-refractivity contribution < 1.29 is 4.42 Å². The van der Waals surface area contributed by atoms with Crippen LogP contribution in [0.4, 0.5) is 17.1 Å². The van der Waals surface area contributed by atoms with E-state index in [1.54, 1.807) is 0 Å². The van der Waals surface area contributed by atoms with Gasteiger partial charge in [-0.1, -0.05) is 164 Å². The summed E-state index contributed by atoms with van der Waals surface area (Å²) in [7, 11) is 0. The van der Waals surface area contributed by atoms with Crippen LogP contribution in [0.5, 0.6) is 0 Å². The molecule has 0 amide bonds. The van der Waals surface area contributed by atoms with Gasteiger partial charge < -0.3 is 13.9 Å². The molecule has 0 aliphatic carbocycles. The first-order chi connectivity index (χ1) is 30.3. The highest BCUT2D eigenvalue weighted by Crippen LogP contribution is 2.45. The van der Waals surface area contributed by atoms with Gasteiger partial charge in [-0.15, -0.1) is 0 Å². The zero-order valence-corrected chi connectivity index (χ0v) is 33.2. The second kappa shape index (κ2) is 14.3. The van der Waals surface area contributed by atoms with Crippen molar-refractivity contribution in [1.82, 2.24) is 4.57 Å². The van der Waals surface area contributed by atoms with Gasteiger partial charge in [0.25, 0.3) is 0 Å². The van der Waals surface area contributed by atoms with Gasteiger partial charge in [0.15, 0.2) is 0 Å². The first kappa shape index (κ1) is 34.9. The van der Waals surface area contributed by atoms with E-state index < -0.39 is 0 Å². The van der Waals surface area contributed by atoms with E-state index in [1.807, 2.05) is 12.1 Å². The van der Waals surface area contributed by atoms with Gasteiger partial charge in [0, 0.05) is 43.9 Å². The number of hydrogen-bond acceptors (Lipinski definition) is 2. The van der Waals surface area contributed by atoms with Crippen LogP contribution in [0.3, 0.4) is 0 Å². The minimum absolute atomic E-state index is 0.903. The lowest BCUT2D eigenvalue weighted by molar-refractivity contribution is 0.669. The maximum atomic E-state index is 6.15. The number of hydrogen-bond donors (Lipinski definition) is 0. The fourth-order valence-electron chi connectivity index (χ4n) is 9.36. The SMILES string of the molecule is c1ccc(-c2ccc(N(c3ccc(-c4ccc5oc6ccccc6c5c4)cc3)c3ccc(-c4ccccc4-n4c5ccccc5c5ccccc54)c4ccccc34)cc2)cc1. The Kier molecular flexibility index (Phi) is 8.17. The summed E-state index contributed by atoms with van der Waals surface area (Å²) < 4.78 is 8.58. The summed E-state index contributed by atoms with van der Waals surface area (Å²) in [5.41, 5.74) is 15.7. The van der Waals surface area contributed by atoms with Gasteiger partial charge in [-0.3, -0.25) is 0 Å². The summed E-state index contributed by atoms with van der Waals surface area (Å²) in [6, 6.07) is 83.0. The van der Waals surface area contributed by atoms with E-state index in [2.05, 4.69) is 228 Å². The number of fused-ring (bicyclic) bond motifs is 7. The largest absolute Gasteiger partial charge is 0.456 e. The predicted octanol–water partition coefficient (Wildman–Crippen LogP) is 16.3. The molecule has 0 bridgehead atoms. The molecule has 2 heterocycles. The second-order valence-electron chi connectivity index (χ2n) is 15.7. The molecular weight excluding hydrogens is 741 g/mol.